The fraction of sp³-hybridized carbons (Fsp3) is 0.600. The number of aliphatic hydroxyl groups excluding tert-OH is 1. The van der Waals surface area contributed by atoms with Gasteiger partial charge in [-0.25, -0.2) is 4.79 Å². The van der Waals surface area contributed by atoms with Crippen LogP contribution in [0.1, 0.15) is 44.7 Å². The first-order valence-electron chi connectivity index (χ1n) is 9.07. The lowest BCUT2D eigenvalue weighted by atomic mass is 9.54. The molecule has 1 aromatic carbocycles. The highest BCUT2D eigenvalue weighted by Gasteiger charge is 2.54. The number of fused-ring (bicyclic) bond motifs is 2. The zero-order valence-electron chi connectivity index (χ0n) is 16.3. The number of carboxylic acid groups (broad SMARTS) is 2. The molecule has 0 aromatic heterocycles. The third kappa shape index (κ3) is 3.94. The number of aliphatic carboxylic acids is 2. The van der Waals surface area contributed by atoms with Crippen molar-refractivity contribution < 1.29 is 29.6 Å². The van der Waals surface area contributed by atoms with Gasteiger partial charge in [-0.1, -0.05) is 32.9 Å². The lowest BCUT2D eigenvalue weighted by Crippen LogP contribution is -2.52. The van der Waals surface area contributed by atoms with E-state index in [0.29, 0.717) is 11.5 Å². The van der Waals surface area contributed by atoms with Crippen molar-refractivity contribution in [1.29, 1.82) is 0 Å². The number of ether oxygens (including phenoxy) is 1. The Bertz CT molecular complexity index is 716. The van der Waals surface area contributed by atoms with Crippen molar-refractivity contribution in [3.63, 3.8) is 0 Å². The van der Waals surface area contributed by atoms with E-state index in [0.717, 1.165) is 18.7 Å². The molecule has 150 valence electrons. The quantitative estimate of drug-likeness (QED) is 0.630. The highest BCUT2D eigenvalue weighted by Crippen LogP contribution is 2.54. The number of carbonyl (C=O) groups is 2. The second kappa shape index (κ2) is 7.86. The van der Waals surface area contributed by atoms with Gasteiger partial charge in [0.05, 0.1) is 13.5 Å². The molecule has 0 radical (unpaired) electrons. The Morgan fingerprint density at radius 1 is 1.30 bits per heavy atom. The van der Waals surface area contributed by atoms with Crippen molar-refractivity contribution in [2.24, 2.45) is 5.41 Å². The van der Waals surface area contributed by atoms with E-state index in [4.69, 9.17) is 20.1 Å². The van der Waals surface area contributed by atoms with E-state index in [2.05, 4.69) is 44.3 Å². The molecule has 4 N–H and O–H groups in total. The molecule has 3 atom stereocenters. The zero-order valence-corrected chi connectivity index (χ0v) is 16.3. The smallest absolute Gasteiger partial charge is 0.333 e. The van der Waals surface area contributed by atoms with Crippen molar-refractivity contribution >= 4 is 11.9 Å². The molecule has 1 aliphatic carbocycles. The molecule has 0 spiro atoms. The number of nitrogens with one attached hydrogen (secondary N) is 1. The molecule has 7 heteroatoms. The average molecular weight is 379 g/mol. The van der Waals surface area contributed by atoms with Gasteiger partial charge in [-0.3, -0.25) is 4.79 Å². The van der Waals surface area contributed by atoms with Crippen molar-refractivity contribution in [3.8, 4) is 5.75 Å². The molecule has 1 aliphatic heterocycles. The molecule has 0 saturated carbocycles. The van der Waals surface area contributed by atoms with Crippen LogP contribution in [0, 0.1) is 5.41 Å². The van der Waals surface area contributed by atoms with E-state index in [1.807, 2.05) is 0 Å². The van der Waals surface area contributed by atoms with Gasteiger partial charge < -0.3 is 25.4 Å². The molecule has 1 aromatic rings. The van der Waals surface area contributed by atoms with Crippen LogP contribution in [0.4, 0.5) is 0 Å². The maximum atomic E-state index is 9.72. The van der Waals surface area contributed by atoms with Crippen LogP contribution in [-0.4, -0.2) is 53.1 Å². The summed E-state index contributed by atoms with van der Waals surface area (Å²) in [7, 11) is 1.78. The number of methoxy groups -OCH3 is 1. The normalized spacial score (nSPS) is 26.0. The molecule has 0 bridgehead atoms. The monoisotopic (exact) mass is 379 g/mol. The highest BCUT2D eigenvalue weighted by molar-refractivity contribution is 5.79. The summed E-state index contributed by atoms with van der Waals surface area (Å²) >= 11 is 0. The summed E-state index contributed by atoms with van der Waals surface area (Å²) in [6.45, 7) is 8.37. The first-order chi connectivity index (χ1) is 12.5. The van der Waals surface area contributed by atoms with Crippen LogP contribution in [0.3, 0.4) is 0 Å². The fourth-order valence-electron chi connectivity index (χ4n) is 4.27. The number of hydrogen-bond donors (Lipinski definition) is 4. The minimum absolute atomic E-state index is 0.198. The number of hydrogen-bond acceptors (Lipinski definition) is 5. The predicted octanol–water partition coefficient (Wildman–Crippen LogP) is 1.80. The Kier molecular flexibility index (Phi) is 6.17. The zero-order chi connectivity index (χ0) is 20.4. The second-order valence-corrected chi connectivity index (χ2v) is 7.94. The van der Waals surface area contributed by atoms with Gasteiger partial charge in [-0.05, 0) is 47.4 Å². The van der Waals surface area contributed by atoms with Crippen LogP contribution < -0.4 is 10.1 Å². The molecular formula is C20H29NO6. The van der Waals surface area contributed by atoms with Crippen LogP contribution in [0.2, 0.25) is 0 Å². The van der Waals surface area contributed by atoms with Crippen LogP contribution in [0.15, 0.2) is 18.2 Å². The molecular weight excluding hydrogens is 350 g/mol. The van der Waals surface area contributed by atoms with Gasteiger partial charge in [-0.15, -0.1) is 0 Å². The van der Waals surface area contributed by atoms with Gasteiger partial charge in [-0.2, -0.15) is 0 Å². The topological polar surface area (TPSA) is 116 Å². The van der Waals surface area contributed by atoms with Crippen LogP contribution in [0.5, 0.6) is 5.75 Å². The van der Waals surface area contributed by atoms with E-state index in [9.17, 15) is 9.59 Å². The Balaban J connectivity index is 0.000000249. The summed E-state index contributed by atoms with van der Waals surface area (Å²) in [6, 6.07) is 7.09. The van der Waals surface area contributed by atoms with Gasteiger partial charge in [0.15, 0.2) is 6.10 Å². The summed E-state index contributed by atoms with van der Waals surface area (Å²) < 4.78 is 5.56. The molecule has 7 nitrogen and oxygen atoms in total. The van der Waals surface area contributed by atoms with Gasteiger partial charge >= 0.3 is 11.9 Å². The highest BCUT2D eigenvalue weighted by atomic mass is 16.5. The van der Waals surface area contributed by atoms with Crippen LogP contribution in [-0.2, 0) is 21.4 Å². The third-order valence-electron chi connectivity index (χ3n) is 6.32. The molecule has 27 heavy (non-hydrogen) atoms. The SMILES string of the molecule is COc1cccc2c1C[C@@H]1NCC[C@@]1(C)C2(C)C.O=C(O)C[C@@H](O)C(=O)O. The predicted molar refractivity (Wildman–Crippen MR) is 100 cm³/mol. The summed E-state index contributed by atoms with van der Waals surface area (Å²) in [5.74, 6) is -1.79. The Hall–Kier alpha value is -2.12. The van der Waals surface area contributed by atoms with Gasteiger partial charge in [0.25, 0.3) is 0 Å². The molecule has 2 aliphatic rings. The van der Waals surface area contributed by atoms with Gasteiger partial charge in [0.1, 0.15) is 5.75 Å². The minimum Gasteiger partial charge on any atom is -0.496 e. The van der Waals surface area contributed by atoms with E-state index >= 15 is 0 Å². The molecule has 1 fully saturated rings. The first-order valence-corrected chi connectivity index (χ1v) is 9.07. The summed E-state index contributed by atoms with van der Waals surface area (Å²) in [4.78, 5) is 19.4. The Labute approximate surface area is 159 Å². The molecule has 1 heterocycles. The van der Waals surface area contributed by atoms with Crippen molar-refractivity contribution in [2.45, 2.75) is 57.6 Å². The number of benzene rings is 1. The van der Waals surface area contributed by atoms with Crippen molar-refractivity contribution in [2.75, 3.05) is 13.7 Å². The Morgan fingerprint density at radius 3 is 2.48 bits per heavy atom. The molecule has 0 unspecified atom stereocenters. The number of rotatable bonds is 4. The van der Waals surface area contributed by atoms with E-state index in [-0.39, 0.29) is 5.41 Å². The third-order valence-corrected chi connectivity index (χ3v) is 6.32. The average Bonchev–Trinajstić information content (AvgIpc) is 2.97. The molecule has 0 amide bonds. The molecule has 1 saturated heterocycles. The maximum Gasteiger partial charge on any atom is 0.333 e. The van der Waals surface area contributed by atoms with Crippen molar-refractivity contribution in [1.82, 2.24) is 5.32 Å². The van der Waals surface area contributed by atoms with E-state index in [1.54, 1.807) is 7.11 Å². The maximum absolute atomic E-state index is 9.72. The standard InChI is InChI=1S/C16H23NO.C4H6O5/c1-15(2)12-6-5-7-13(18-4)11(12)10-14-16(15,3)8-9-17-14;5-2(4(8)9)1-3(6)7/h5-7,14,17H,8-10H2,1-4H3;2,5H,1H2,(H,6,7)(H,8,9)/t14-,16+;2-/m01/s1. The molecule has 3 rings (SSSR count). The van der Waals surface area contributed by atoms with Gasteiger partial charge in [0, 0.05) is 6.04 Å². The summed E-state index contributed by atoms with van der Waals surface area (Å²) in [5, 5.41) is 27.8. The van der Waals surface area contributed by atoms with Crippen molar-refractivity contribution in [3.05, 3.63) is 29.3 Å². The van der Waals surface area contributed by atoms with E-state index in [1.165, 1.54) is 17.5 Å². The van der Waals surface area contributed by atoms with Crippen LogP contribution >= 0.6 is 0 Å². The second-order valence-electron chi connectivity index (χ2n) is 7.94. The van der Waals surface area contributed by atoms with Gasteiger partial charge in [0.2, 0.25) is 0 Å². The Morgan fingerprint density at radius 2 is 1.96 bits per heavy atom. The number of aliphatic hydroxyl groups is 1. The summed E-state index contributed by atoms with van der Waals surface area (Å²) in [5.41, 5.74) is 3.43. The first kappa shape index (κ1) is 21.2. The van der Waals surface area contributed by atoms with E-state index < -0.39 is 24.5 Å². The number of carboxylic acids is 2. The minimum atomic E-state index is -1.79. The lowest BCUT2D eigenvalue weighted by molar-refractivity contribution is -0.152. The summed E-state index contributed by atoms with van der Waals surface area (Å²) in [6.07, 6.45) is -0.182. The largest absolute Gasteiger partial charge is 0.496 e. The lowest BCUT2D eigenvalue weighted by Gasteiger charge is -2.50. The van der Waals surface area contributed by atoms with Crippen LogP contribution in [0.25, 0.3) is 0 Å². The fourth-order valence-corrected chi connectivity index (χ4v) is 4.27.